The van der Waals surface area contributed by atoms with E-state index in [0.717, 1.165) is 14.5 Å². The fourth-order valence-corrected chi connectivity index (χ4v) is 1.66. The van der Waals surface area contributed by atoms with Crippen molar-refractivity contribution < 1.29 is 10.7 Å². The van der Waals surface area contributed by atoms with E-state index in [0.29, 0.717) is 11.3 Å². The summed E-state index contributed by atoms with van der Waals surface area (Å²) in [5.41, 5.74) is 0.401. The summed E-state index contributed by atoms with van der Waals surface area (Å²) >= 11 is 0. The fourth-order valence-electron chi connectivity index (χ4n) is 1.66. The molecule has 3 rings (SSSR count). The summed E-state index contributed by atoms with van der Waals surface area (Å²) in [7, 11) is 1.47. The normalized spacial score (nSPS) is 11.4. The van der Waals surface area contributed by atoms with E-state index in [2.05, 4.69) is 27.3 Å². The van der Waals surface area contributed by atoms with Gasteiger partial charge < -0.3 is 9.26 Å². The van der Waals surface area contributed by atoms with Crippen molar-refractivity contribution in [2.75, 3.05) is 0 Å². The summed E-state index contributed by atoms with van der Waals surface area (Å²) in [5.74, 6) is 0.349. The number of nitrogens with zero attached hydrogens (tertiary/aromatic N) is 6. The average molecular weight is 291 g/mol. The van der Waals surface area contributed by atoms with Crippen LogP contribution < -0.4 is 10.4 Å². The summed E-state index contributed by atoms with van der Waals surface area (Å²) in [6.07, 6.45) is 2.89. The average Bonchev–Trinajstić information content (AvgIpc) is 3.18. The molecule has 0 aliphatic rings. The van der Waals surface area contributed by atoms with Crippen LogP contribution in [0.15, 0.2) is 28.2 Å². The molecule has 3 heterocycles. The second kappa shape index (κ2) is 5.07. The Labute approximate surface area is 119 Å². The van der Waals surface area contributed by atoms with Gasteiger partial charge in [0.05, 0.1) is 5.56 Å². The number of tetrazole rings is 1. The number of aromatic nitrogens is 7. The van der Waals surface area contributed by atoms with Crippen molar-refractivity contribution in [3.05, 3.63) is 40.6 Å². The number of ether oxygens (including phenoxy) is 1. The van der Waals surface area contributed by atoms with Crippen LogP contribution in [0.25, 0.3) is 12.0 Å². The second-order valence-corrected chi connectivity index (χ2v) is 4.01. The van der Waals surface area contributed by atoms with E-state index in [1.54, 1.807) is 0 Å². The van der Waals surface area contributed by atoms with Crippen LogP contribution in [0.4, 0.5) is 0 Å². The lowest BCUT2D eigenvalue weighted by atomic mass is 10.2. The SMILES string of the molecule is [3H]n1ccc(OCc2c(C=C)noc2-n2nnn(C)c2=O)n1. The highest BCUT2D eigenvalue weighted by Crippen LogP contribution is 2.19. The van der Waals surface area contributed by atoms with Gasteiger partial charge in [0, 0.05) is 19.3 Å². The van der Waals surface area contributed by atoms with Gasteiger partial charge in [-0.3, -0.25) is 5.09 Å². The van der Waals surface area contributed by atoms with Crippen molar-refractivity contribution in [3.63, 3.8) is 0 Å². The van der Waals surface area contributed by atoms with Crippen molar-refractivity contribution in [3.8, 4) is 11.8 Å². The Morgan fingerprint density at radius 1 is 1.62 bits per heavy atom. The van der Waals surface area contributed by atoms with Gasteiger partial charge in [0.1, 0.15) is 12.3 Å². The van der Waals surface area contributed by atoms with Gasteiger partial charge in [-0.25, -0.2) is 4.79 Å². The number of rotatable bonds is 5. The molecule has 0 aliphatic heterocycles. The van der Waals surface area contributed by atoms with Crippen molar-refractivity contribution in [2.45, 2.75) is 6.61 Å². The third-order valence-corrected chi connectivity index (χ3v) is 2.71. The molecule has 0 aromatic carbocycles. The Bertz CT molecular complexity index is 875. The Morgan fingerprint density at radius 3 is 3.10 bits per heavy atom. The van der Waals surface area contributed by atoms with Crippen LogP contribution in [0.5, 0.6) is 5.88 Å². The largest absolute Gasteiger partial charge is 0.471 e. The van der Waals surface area contributed by atoms with Gasteiger partial charge in [-0.1, -0.05) is 11.7 Å². The maximum Gasteiger partial charge on any atom is 0.370 e. The van der Waals surface area contributed by atoms with Crippen molar-refractivity contribution in [1.29, 1.82) is 0 Å². The molecular formula is C11H11N7O3. The smallest absolute Gasteiger partial charge is 0.370 e. The van der Waals surface area contributed by atoms with Crippen LogP contribution in [-0.2, 0) is 13.7 Å². The van der Waals surface area contributed by atoms with Gasteiger partial charge in [0.25, 0.3) is 5.88 Å². The standard InChI is InChI=1S/C11H11N7O3/c1-3-8-7(6-20-9-4-5-12-13-9)10(21-14-8)18-11(19)17(2)15-16-18/h3-5H,1,6H2,2H3,(H,12,13)/i/hT. The molecule has 0 saturated heterocycles. The molecule has 0 amide bonds. The molecule has 10 heteroatoms. The molecule has 0 saturated carbocycles. The topological polar surface area (TPSA) is 117 Å². The zero-order valence-electron chi connectivity index (χ0n) is 12.0. The molecule has 21 heavy (non-hydrogen) atoms. The van der Waals surface area contributed by atoms with Crippen LogP contribution in [0, 0.1) is 0 Å². The van der Waals surface area contributed by atoms with E-state index in [9.17, 15) is 4.79 Å². The molecule has 108 valence electrons. The van der Waals surface area contributed by atoms with Gasteiger partial charge in [0.15, 0.2) is 1.41 Å². The van der Waals surface area contributed by atoms with Gasteiger partial charge >= 0.3 is 5.69 Å². The molecule has 0 bridgehead atoms. The van der Waals surface area contributed by atoms with E-state index in [-0.39, 0.29) is 18.4 Å². The Balaban J connectivity index is 1.95. The second-order valence-electron chi connectivity index (χ2n) is 4.01. The number of H-pyrrole nitrogens is 1. The minimum atomic E-state index is -0.483. The third kappa shape index (κ3) is 2.22. The molecule has 0 atom stereocenters. The minimum Gasteiger partial charge on any atom is -0.471 e. The molecule has 0 spiro atoms. The molecule has 0 aliphatic carbocycles. The van der Waals surface area contributed by atoms with Crippen LogP contribution in [0.1, 0.15) is 11.3 Å². The molecule has 10 nitrogen and oxygen atoms in total. The fraction of sp³-hybridized carbons (Fsp3) is 0.182. The van der Waals surface area contributed by atoms with E-state index >= 15 is 0 Å². The highest BCUT2D eigenvalue weighted by Gasteiger charge is 2.20. The lowest BCUT2D eigenvalue weighted by Crippen LogP contribution is -2.22. The number of hydrogen-bond acceptors (Lipinski definition) is 7. The van der Waals surface area contributed by atoms with Crippen molar-refractivity contribution in [1.82, 2.24) is 35.1 Å². The quantitative estimate of drug-likeness (QED) is 0.697. The van der Waals surface area contributed by atoms with E-state index in [1.165, 1.54) is 25.4 Å². The zero-order chi connectivity index (χ0) is 15.7. The number of aryl methyl sites for hydroxylation is 1. The molecular weight excluding hydrogens is 278 g/mol. The van der Waals surface area contributed by atoms with Crippen LogP contribution in [-0.4, -0.2) is 35.1 Å². The zero-order valence-corrected chi connectivity index (χ0v) is 11.0. The molecule has 3 aromatic rings. The summed E-state index contributed by atoms with van der Waals surface area (Å²) in [6, 6.07) is 1.53. The lowest BCUT2D eigenvalue weighted by molar-refractivity contribution is 0.290. The summed E-state index contributed by atoms with van der Waals surface area (Å²) < 4.78 is 19.9. The van der Waals surface area contributed by atoms with Crippen molar-refractivity contribution in [2.24, 2.45) is 7.05 Å². The number of hydrogen-bond donors (Lipinski definition) is 1. The van der Waals surface area contributed by atoms with Gasteiger partial charge in [-0.2, -0.15) is 4.68 Å². The number of aromatic amines is 1. The molecule has 0 radical (unpaired) electrons. The van der Waals surface area contributed by atoms with E-state index in [1.807, 2.05) is 0 Å². The van der Waals surface area contributed by atoms with Crippen molar-refractivity contribution >= 4 is 6.08 Å². The highest BCUT2D eigenvalue weighted by atomic mass is 16.5. The van der Waals surface area contributed by atoms with Crippen LogP contribution in [0.2, 0.25) is 1.41 Å². The maximum absolute atomic E-state index is 11.9. The predicted molar refractivity (Wildman–Crippen MR) is 69.7 cm³/mol. The highest BCUT2D eigenvalue weighted by molar-refractivity contribution is 5.50. The van der Waals surface area contributed by atoms with E-state index < -0.39 is 5.69 Å². The Morgan fingerprint density at radius 2 is 2.48 bits per heavy atom. The molecule has 0 unspecified atom stereocenters. The number of nitrogens with one attached hydrogen (secondary N) is 1. The third-order valence-electron chi connectivity index (χ3n) is 2.71. The van der Waals surface area contributed by atoms with Gasteiger partial charge in [-0.05, 0) is 16.5 Å². The maximum atomic E-state index is 11.9. The molecule has 3 aromatic heterocycles. The summed E-state index contributed by atoms with van der Waals surface area (Å²) in [6.45, 7) is 3.64. The first-order valence-corrected chi connectivity index (χ1v) is 5.88. The first kappa shape index (κ1) is 11.6. The minimum absolute atomic E-state index is 0.0141. The molecule has 0 fully saturated rings. The summed E-state index contributed by atoms with van der Waals surface area (Å²) in [5, 5.41) is 15.8. The first-order valence-electron chi connectivity index (χ1n) is 6.33. The molecule has 1 N–H and O–H groups in total. The van der Waals surface area contributed by atoms with Crippen LogP contribution >= 0.6 is 0 Å². The monoisotopic (exact) mass is 291 g/mol. The Kier molecular flexibility index (Phi) is 2.81. The van der Waals surface area contributed by atoms with Crippen LogP contribution in [0.3, 0.4) is 0 Å². The summed E-state index contributed by atoms with van der Waals surface area (Å²) in [4.78, 5) is 11.9. The van der Waals surface area contributed by atoms with Gasteiger partial charge in [-0.15, -0.1) is 9.78 Å². The lowest BCUT2D eigenvalue weighted by Gasteiger charge is -2.02. The first-order chi connectivity index (χ1) is 10.6. The van der Waals surface area contributed by atoms with Gasteiger partial charge in [0.2, 0.25) is 5.88 Å². The predicted octanol–water partition coefficient (Wildman–Crippen LogP) is -0.101. The Hall–Kier alpha value is -3.17. The van der Waals surface area contributed by atoms with E-state index in [4.69, 9.17) is 10.7 Å².